The molecule has 1 aliphatic heterocycles. The Bertz CT molecular complexity index is 670. The molecule has 0 spiro atoms. The molecule has 2 aromatic rings. The fraction of sp³-hybridized carbons (Fsp3) is 0.385. The highest BCUT2D eigenvalue weighted by Gasteiger charge is 2.23. The third-order valence-corrected chi connectivity index (χ3v) is 5.73. The first-order valence-electron chi connectivity index (χ1n) is 6.50. The van der Waals surface area contributed by atoms with Gasteiger partial charge in [0.2, 0.25) is 0 Å². The molecule has 2 heterocycles. The van der Waals surface area contributed by atoms with Crippen LogP contribution in [0.5, 0.6) is 0 Å². The molecular formula is C13H17N3O2S2. The molecule has 1 aromatic carbocycles. The van der Waals surface area contributed by atoms with Crippen molar-refractivity contribution in [2.45, 2.75) is 6.54 Å². The second-order valence-corrected chi connectivity index (χ2v) is 7.69. The second kappa shape index (κ2) is 5.42. The lowest BCUT2D eigenvalue weighted by Crippen LogP contribution is -2.50. The van der Waals surface area contributed by atoms with Crippen LogP contribution in [0.3, 0.4) is 0 Å². The molecule has 1 aromatic heterocycles. The molecule has 0 amide bonds. The number of rotatable bonds is 3. The van der Waals surface area contributed by atoms with Gasteiger partial charge in [0.1, 0.15) is 0 Å². The van der Waals surface area contributed by atoms with Crippen LogP contribution in [-0.4, -0.2) is 43.8 Å². The molecule has 5 nitrogen and oxygen atoms in total. The van der Waals surface area contributed by atoms with E-state index in [0.29, 0.717) is 13.1 Å². The van der Waals surface area contributed by atoms with Crippen LogP contribution in [0, 0.1) is 0 Å². The maximum Gasteiger partial charge on any atom is 0.276 e. The SMILES string of the molecule is NS(=O)(=O)N1CCN(Cc2cc3ccccc3s2)CC1. The summed E-state index contributed by atoms with van der Waals surface area (Å²) in [5.41, 5.74) is 0. The summed E-state index contributed by atoms with van der Waals surface area (Å²) in [4.78, 5) is 3.59. The molecule has 0 aliphatic carbocycles. The van der Waals surface area contributed by atoms with Gasteiger partial charge in [-0.15, -0.1) is 11.3 Å². The molecule has 0 radical (unpaired) electrons. The average Bonchev–Trinajstić information content (AvgIpc) is 2.80. The highest BCUT2D eigenvalue weighted by atomic mass is 32.2. The van der Waals surface area contributed by atoms with Gasteiger partial charge in [0.05, 0.1) is 0 Å². The Morgan fingerprint density at radius 2 is 1.85 bits per heavy atom. The summed E-state index contributed by atoms with van der Waals surface area (Å²) in [5.74, 6) is 0. The zero-order valence-corrected chi connectivity index (χ0v) is 12.7. The molecule has 7 heteroatoms. The quantitative estimate of drug-likeness (QED) is 0.927. The summed E-state index contributed by atoms with van der Waals surface area (Å²) in [6.45, 7) is 3.28. The average molecular weight is 311 g/mol. The number of thiophene rings is 1. The zero-order chi connectivity index (χ0) is 14.2. The Hall–Kier alpha value is -0.990. The van der Waals surface area contributed by atoms with E-state index in [4.69, 9.17) is 5.14 Å². The predicted octanol–water partition coefficient (Wildman–Crippen LogP) is 1.22. The Kier molecular flexibility index (Phi) is 3.78. The highest BCUT2D eigenvalue weighted by Crippen LogP contribution is 2.26. The number of hydrogen-bond donors (Lipinski definition) is 1. The molecule has 20 heavy (non-hydrogen) atoms. The van der Waals surface area contributed by atoms with Crippen LogP contribution in [0.1, 0.15) is 4.88 Å². The van der Waals surface area contributed by atoms with Gasteiger partial charge in [-0.3, -0.25) is 4.90 Å². The van der Waals surface area contributed by atoms with E-state index in [1.54, 1.807) is 11.3 Å². The third kappa shape index (κ3) is 3.02. The van der Waals surface area contributed by atoms with Gasteiger partial charge in [0.25, 0.3) is 10.2 Å². The van der Waals surface area contributed by atoms with E-state index in [2.05, 4.69) is 23.1 Å². The van der Waals surface area contributed by atoms with Crippen LogP contribution in [-0.2, 0) is 16.8 Å². The highest BCUT2D eigenvalue weighted by molar-refractivity contribution is 7.86. The van der Waals surface area contributed by atoms with Crippen LogP contribution < -0.4 is 5.14 Å². The van der Waals surface area contributed by atoms with E-state index < -0.39 is 10.2 Å². The molecule has 1 saturated heterocycles. The second-order valence-electron chi connectivity index (χ2n) is 4.97. The Morgan fingerprint density at radius 3 is 2.50 bits per heavy atom. The number of hydrogen-bond acceptors (Lipinski definition) is 4. The van der Waals surface area contributed by atoms with Crippen molar-refractivity contribution in [3.63, 3.8) is 0 Å². The minimum atomic E-state index is -3.53. The van der Waals surface area contributed by atoms with Crippen LogP contribution in [0.2, 0.25) is 0 Å². The van der Waals surface area contributed by atoms with Crippen molar-refractivity contribution in [2.24, 2.45) is 5.14 Å². The van der Waals surface area contributed by atoms with Crippen molar-refractivity contribution in [3.05, 3.63) is 35.2 Å². The monoisotopic (exact) mass is 311 g/mol. The van der Waals surface area contributed by atoms with Gasteiger partial charge >= 0.3 is 0 Å². The van der Waals surface area contributed by atoms with Gasteiger partial charge in [-0.1, -0.05) is 18.2 Å². The van der Waals surface area contributed by atoms with Gasteiger partial charge < -0.3 is 0 Å². The van der Waals surface area contributed by atoms with Crippen LogP contribution in [0.25, 0.3) is 10.1 Å². The summed E-state index contributed by atoms with van der Waals surface area (Å²) in [6.07, 6.45) is 0. The van der Waals surface area contributed by atoms with Gasteiger partial charge in [0.15, 0.2) is 0 Å². The first-order chi connectivity index (χ1) is 9.52. The Morgan fingerprint density at radius 1 is 1.15 bits per heavy atom. The normalized spacial score (nSPS) is 18.6. The standard InChI is InChI=1S/C13H17N3O2S2/c14-20(17,18)16-7-5-15(6-8-16)10-12-9-11-3-1-2-4-13(11)19-12/h1-4,9H,5-8,10H2,(H2,14,17,18). The van der Waals surface area contributed by atoms with Gasteiger partial charge in [-0.2, -0.15) is 12.7 Å². The van der Waals surface area contributed by atoms with Crippen molar-refractivity contribution in [1.82, 2.24) is 9.21 Å². The lowest BCUT2D eigenvalue weighted by atomic mass is 10.2. The van der Waals surface area contributed by atoms with Crippen LogP contribution in [0.15, 0.2) is 30.3 Å². The van der Waals surface area contributed by atoms with E-state index in [-0.39, 0.29) is 0 Å². The number of nitrogens with zero attached hydrogens (tertiary/aromatic N) is 2. The topological polar surface area (TPSA) is 66.6 Å². The molecule has 1 aliphatic rings. The van der Waals surface area contributed by atoms with E-state index in [1.165, 1.54) is 19.3 Å². The smallest absolute Gasteiger partial charge is 0.276 e. The lowest BCUT2D eigenvalue weighted by molar-refractivity contribution is 0.183. The largest absolute Gasteiger partial charge is 0.296 e. The molecule has 0 atom stereocenters. The molecule has 0 saturated carbocycles. The van der Waals surface area contributed by atoms with Gasteiger partial charge in [0, 0.05) is 42.3 Å². The van der Waals surface area contributed by atoms with E-state index >= 15 is 0 Å². The fourth-order valence-corrected chi connectivity index (χ4v) is 4.26. The van der Waals surface area contributed by atoms with Crippen molar-refractivity contribution >= 4 is 31.6 Å². The molecule has 2 N–H and O–H groups in total. The van der Waals surface area contributed by atoms with Crippen molar-refractivity contribution < 1.29 is 8.42 Å². The Balaban J connectivity index is 1.65. The molecular weight excluding hydrogens is 294 g/mol. The number of nitrogens with two attached hydrogens (primary N) is 1. The first-order valence-corrected chi connectivity index (χ1v) is 8.82. The summed E-state index contributed by atoms with van der Waals surface area (Å²) >= 11 is 1.80. The van der Waals surface area contributed by atoms with Crippen LogP contribution in [0.4, 0.5) is 0 Å². The lowest BCUT2D eigenvalue weighted by Gasteiger charge is -2.32. The Labute approximate surface area is 122 Å². The van der Waals surface area contributed by atoms with Crippen LogP contribution >= 0.6 is 11.3 Å². The number of fused-ring (bicyclic) bond motifs is 1. The minimum absolute atomic E-state index is 0.476. The summed E-state index contributed by atoms with van der Waals surface area (Å²) in [6, 6.07) is 10.6. The maximum atomic E-state index is 11.3. The number of piperazine rings is 1. The molecule has 0 unspecified atom stereocenters. The van der Waals surface area contributed by atoms with Crippen molar-refractivity contribution in [3.8, 4) is 0 Å². The summed E-state index contributed by atoms with van der Waals surface area (Å²) < 4.78 is 25.2. The van der Waals surface area contributed by atoms with Crippen molar-refractivity contribution in [1.29, 1.82) is 0 Å². The summed E-state index contributed by atoms with van der Waals surface area (Å²) in [5, 5.41) is 6.41. The molecule has 3 rings (SSSR count). The fourth-order valence-electron chi connectivity index (χ4n) is 2.48. The van der Waals surface area contributed by atoms with Gasteiger partial charge in [-0.05, 0) is 17.5 Å². The maximum absolute atomic E-state index is 11.3. The molecule has 108 valence electrons. The zero-order valence-electron chi connectivity index (χ0n) is 11.0. The first kappa shape index (κ1) is 14.0. The van der Waals surface area contributed by atoms with E-state index in [1.807, 2.05) is 12.1 Å². The van der Waals surface area contributed by atoms with Crippen molar-refractivity contribution in [2.75, 3.05) is 26.2 Å². The predicted molar refractivity (Wildman–Crippen MR) is 81.8 cm³/mol. The molecule has 1 fully saturated rings. The third-order valence-electron chi connectivity index (χ3n) is 3.55. The van der Waals surface area contributed by atoms with Gasteiger partial charge in [-0.25, -0.2) is 5.14 Å². The number of benzene rings is 1. The van der Waals surface area contributed by atoms with E-state index in [9.17, 15) is 8.42 Å². The molecule has 0 bridgehead atoms. The van der Waals surface area contributed by atoms with E-state index in [0.717, 1.165) is 19.6 Å². The summed E-state index contributed by atoms with van der Waals surface area (Å²) in [7, 11) is -3.53. The minimum Gasteiger partial charge on any atom is -0.296 e.